The maximum atomic E-state index is 13.3. The Labute approximate surface area is 232 Å². The third kappa shape index (κ3) is 6.27. The highest BCUT2D eigenvalue weighted by Crippen LogP contribution is 2.32. The Bertz CT molecular complexity index is 1490. The summed E-state index contributed by atoms with van der Waals surface area (Å²) >= 11 is 1.25. The minimum atomic E-state index is -0.217. The van der Waals surface area contributed by atoms with Gasteiger partial charge in [-0.1, -0.05) is 47.7 Å². The first-order chi connectivity index (χ1) is 18.9. The lowest BCUT2D eigenvalue weighted by Crippen LogP contribution is -2.42. The molecule has 0 atom stereocenters. The van der Waals surface area contributed by atoms with Crippen molar-refractivity contribution in [2.75, 3.05) is 29.5 Å². The summed E-state index contributed by atoms with van der Waals surface area (Å²) < 4.78 is 0. The monoisotopic (exact) mass is 540 g/mol. The second-order valence-corrected chi connectivity index (χ2v) is 10.8. The smallest absolute Gasteiger partial charge is 0.267 e. The molecule has 0 bridgehead atoms. The Balaban J connectivity index is 1.40. The van der Waals surface area contributed by atoms with Crippen LogP contribution in [0.5, 0.6) is 0 Å². The van der Waals surface area contributed by atoms with E-state index < -0.39 is 0 Å². The Kier molecular flexibility index (Phi) is 7.90. The molecule has 1 aliphatic rings. The fraction of sp³-hybridized carbons (Fsp3) is 0.233. The van der Waals surface area contributed by atoms with Gasteiger partial charge < -0.3 is 27.0 Å². The maximum Gasteiger partial charge on any atom is 0.267 e. The third-order valence-corrected chi connectivity index (χ3v) is 7.75. The number of nitrogen functional groups attached to an aromatic ring is 1. The topological polar surface area (TPSA) is 121 Å². The number of anilines is 4. The van der Waals surface area contributed by atoms with E-state index in [9.17, 15) is 9.59 Å². The fourth-order valence-electron chi connectivity index (χ4n) is 4.73. The van der Waals surface area contributed by atoms with E-state index in [1.54, 1.807) is 12.3 Å². The average Bonchev–Trinajstić information content (AvgIpc) is 3.40. The zero-order chi connectivity index (χ0) is 27.4. The number of thiazole rings is 1. The molecule has 39 heavy (non-hydrogen) atoms. The number of rotatable bonds is 7. The van der Waals surface area contributed by atoms with Crippen LogP contribution >= 0.6 is 11.3 Å². The molecular weight excluding hydrogens is 508 g/mol. The first-order valence-electron chi connectivity index (χ1n) is 13.0. The molecule has 0 spiro atoms. The molecule has 1 saturated heterocycles. The van der Waals surface area contributed by atoms with Crippen LogP contribution in [0.25, 0.3) is 11.1 Å². The van der Waals surface area contributed by atoms with E-state index in [1.807, 2.05) is 68.4 Å². The zero-order valence-electron chi connectivity index (χ0n) is 22.0. The molecule has 2 heterocycles. The molecular formula is C30H32N6O2S. The fourth-order valence-corrected chi connectivity index (χ4v) is 5.46. The van der Waals surface area contributed by atoms with Gasteiger partial charge in [0, 0.05) is 34.2 Å². The van der Waals surface area contributed by atoms with Crippen molar-refractivity contribution in [3.8, 4) is 11.1 Å². The van der Waals surface area contributed by atoms with Crippen LogP contribution in [-0.4, -0.2) is 35.9 Å². The number of aryl methyl sites for hydroxylation is 2. The van der Waals surface area contributed by atoms with Gasteiger partial charge in [0.2, 0.25) is 0 Å². The van der Waals surface area contributed by atoms with E-state index in [0.29, 0.717) is 26.9 Å². The number of para-hydroxylation sites is 2. The number of nitrogens with one attached hydrogen (secondary N) is 4. The van der Waals surface area contributed by atoms with Gasteiger partial charge in [-0.15, -0.1) is 0 Å². The van der Waals surface area contributed by atoms with Gasteiger partial charge in [-0.25, -0.2) is 4.98 Å². The lowest BCUT2D eigenvalue weighted by atomic mass is 9.99. The molecule has 5 rings (SSSR count). The highest BCUT2D eigenvalue weighted by Gasteiger charge is 2.19. The SMILES string of the molecule is Cc1cccc(C)c1NC(=O)c1cnc(Nc2cc(C(=O)NC3CCNCC3)cc(-c3ccccc3N)c2)s1. The van der Waals surface area contributed by atoms with Gasteiger partial charge in [-0.3, -0.25) is 9.59 Å². The van der Waals surface area contributed by atoms with Gasteiger partial charge >= 0.3 is 0 Å². The Morgan fingerprint density at radius 2 is 1.72 bits per heavy atom. The predicted octanol–water partition coefficient (Wildman–Crippen LogP) is 5.49. The van der Waals surface area contributed by atoms with Crippen molar-refractivity contribution in [2.24, 2.45) is 0 Å². The maximum absolute atomic E-state index is 13.3. The van der Waals surface area contributed by atoms with Crippen molar-refractivity contribution in [3.63, 3.8) is 0 Å². The van der Waals surface area contributed by atoms with Crippen LogP contribution in [0.3, 0.4) is 0 Å². The van der Waals surface area contributed by atoms with Gasteiger partial charge in [-0.2, -0.15) is 0 Å². The third-order valence-electron chi connectivity index (χ3n) is 6.84. The molecule has 2 amide bonds. The zero-order valence-corrected chi connectivity index (χ0v) is 22.8. The van der Waals surface area contributed by atoms with Crippen LogP contribution < -0.4 is 27.0 Å². The predicted molar refractivity (Wildman–Crippen MR) is 159 cm³/mol. The van der Waals surface area contributed by atoms with Crippen molar-refractivity contribution in [1.29, 1.82) is 0 Å². The van der Waals surface area contributed by atoms with E-state index in [0.717, 1.165) is 53.9 Å². The molecule has 6 N–H and O–H groups in total. The number of hydrogen-bond acceptors (Lipinski definition) is 7. The number of nitrogens with two attached hydrogens (primary N) is 1. The van der Waals surface area contributed by atoms with Crippen LogP contribution in [0.15, 0.2) is 66.9 Å². The summed E-state index contributed by atoms with van der Waals surface area (Å²) in [7, 11) is 0. The van der Waals surface area contributed by atoms with Crippen LogP contribution in [0.2, 0.25) is 0 Å². The number of piperidine rings is 1. The lowest BCUT2D eigenvalue weighted by molar-refractivity contribution is 0.0929. The number of carbonyl (C=O) groups excluding carboxylic acids is 2. The standard InChI is InChI=1S/C30H32N6O2S/c1-18-6-5-7-19(2)27(18)36-29(38)26-17-33-30(39-26)35-23-15-20(24-8-3-4-9-25(24)31)14-21(16-23)28(37)34-22-10-12-32-13-11-22/h3-9,14-17,22,32H,10-13,31H2,1-2H3,(H,33,35)(H,34,37)(H,36,38). The second-order valence-electron chi connectivity index (χ2n) is 9.76. The van der Waals surface area contributed by atoms with Crippen LogP contribution in [0, 0.1) is 13.8 Å². The normalized spacial score (nSPS) is 13.6. The van der Waals surface area contributed by atoms with E-state index in [4.69, 9.17) is 5.73 Å². The van der Waals surface area contributed by atoms with Crippen molar-refractivity contribution < 1.29 is 9.59 Å². The summed E-state index contributed by atoms with van der Waals surface area (Å²) in [5, 5.41) is 13.3. The van der Waals surface area contributed by atoms with Crippen molar-refractivity contribution in [2.45, 2.75) is 32.7 Å². The molecule has 3 aromatic carbocycles. The molecule has 1 fully saturated rings. The van der Waals surface area contributed by atoms with Crippen LogP contribution in [0.4, 0.5) is 22.2 Å². The summed E-state index contributed by atoms with van der Waals surface area (Å²) in [6.45, 7) is 5.71. The highest BCUT2D eigenvalue weighted by molar-refractivity contribution is 7.17. The first kappa shape index (κ1) is 26.4. The number of nitrogens with zero attached hydrogens (tertiary/aromatic N) is 1. The second kappa shape index (κ2) is 11.7. The number of carbonyl (C=O) groups is 2. The van der Waals surface area contributed by atoms with Crippen LogP contribution in [-0.2, 0) is 0 Å². The summed E-state index contributed by atoms with van der Waals surface area (Å²) in [6, 6.07) is 19.2. The van der Waals surface area contributed by atoms with Gasteiger partial charge in [0.15, 0.2) is 5.13 Å². The van der Waals surface area contributed by atoms with E-state index in [1.165, 1.54) is 11.3 Å². The number of aromatic nitrogens is 1. The number of amides is 2. The van der Waals surface area contributed by atoms with Crippen molar-refractivity contribution >= 4 is 45.3 Å². The van der Waals surface area contributed by atoms with Crippen molar-refractivity contribution in [3.05, 3.63) is 88.4 Å². The van der Waals surface area contributed by atoms with Crippen molar-refractivity contribution in [1.82, 2.24) is 15.6 Å². The van der Waals surface area contributed by atoms with Gasteiger partial charge in [0.25, 0.3) is 11.8 Å². The molecule has 0 saturated carbocycles. The number of hydrogen-bond donors (Lipinski definition) is 5. The van der Waals surface area contributed by atoms with Gasteiger partial charge in [0.05, 0.1) is 6.20 Å². The molecule has 9 heteroatoms. The minimum Gasteiger partial charge on any atom is -0.398 e. The largest absolute Gasteiger partial charge is 0.398 e. The van der Waals surface area contributed by atoms with E-state index >= 15 is 0 Å². The first-order valence-corrected chi connectivity index (χ1v) is 13.8. The Morgan fingerprint density at radius 3 is 2.46 bits per heavy atom. The van der Waals surface area contributed by atoms with Crippen LogP contribution in [0.1, 0.15) is 44.0 Å². The molecule has 0 aliphatic carbocycles. The average molecular weight is 541 g/mol. The van der Waals surface area contributed by atoms with E-state index in [2.05, 4.69) is 26.3 Å². The number of benzene rings is 3. The molecule has 8 nitrogen and oxygen atoms in total. The Morgan fingerprint density at radius 1 is 0.974 bits per heavy atom. The quantitative estimate of drug-likeness (QED) is 0.198. The summed E-state index contributed by atoms with van der Waals surface area (Å²) in [5.74, 6) is -0.347. The van der Waals surface area contributed by atoms with Gasteiger partial charge in [-0.05, 0) is 80.7 Å². The molecule has 1 aliphatic heterocycles. The molecule has 4 aromatic rings. The van der Waals surface area contributed by atoms with Gasteiger partial charge in [0.1, 0.15) is 4.88 Å². The Hall–Kier alpha value is -4.21. The molecule has 1 aromatic heterocycles. The summed E-state index contributed by atoms with van der Waals surface area (Å²) in [6.07, 6.45) is 3.35. The summed E-state index contributed by atoms with van der Waals surface area (Å²) in [4.78, 5) is 31.1. The highest BCUT2D eigenvalue weighted by atomic mass is 32.1. The van der Waals surface area contributed by atoms with E-state index in [-0.39, 0.29) is 17.9 Å². The lowest BCUT2D eigenvalue weighted by Gasteiger charge is -2.24. The molecule has 0 unspecified atom stereocenters. The summed E-state index contributed by atoms with van der Waals surface area (Å²) in [5.41, 5.74) is 12.6. The molecule has 200 valence electrons. The minimum absolute atomic E-state index is 0.130. The molecule has 0 radical (unpaired) electrons.